The Morgan fingerprint density at radius 1 is 0.378 bits per heavy atom. The second kappa shape index (κ2) is 24.8. The van der Waals surface area contributed by atoms with Gasteiger partial charge in [-0.3, -0.25) is 0 Å². The first-order valence-electron chi connectivity index (χ1n) is 12.4. The SMILES string of the molecule is C.C.C.C1CCOC1.C[Si](C)(C)[N-][Si](C)(C)C.C[Si](C)(C)[N-][Si](C)(C)C.C[Si](C)(C)[N-][Si](C)(C)C.[Co+2].[Li+]. The van der Waals surface area contributed by atoms with Crippen molar-refractivity contribution in [1.29, 1.82) is 0 Å². The molecule has 12 heteroatoms. The number of hydrogen-bond donors (Lipinski definition) is 0. The van der Waals surface area contributed by atoms with Crippen LogP contribution in [0.1, 0.15) is 35.1 Å². The molecule has 1 aliphatic heterocycles. The Bertz CT molecular complexity index is 370. The first kappa shape index (κ1) is 58.8. The molecule has 0 atom stereocenters. The van der Waals surface area contributed by atoms with E-state index >= 15 is 0 Å². The molecule has 0 saturated carbocycles. The van der Waals surface area contributed by atoms with Crippen molar-refractivity contribution < 1.29 is 40.4 Å². The molecular formula is C25H74CoLiN3OSi6. The fraction of sp³-hybridized carbons (Fsp3) is 1.00. The van der Waals surface area contributed by atoms with Crippen molar-refractivity contribution in [2.45, 2.75) is 153 Å². The standard InChI is InChI=1S/3C6H18NSi2.C4H8O.3CH4.Co.Li/c3*1-8(2,3)7-9(4,5)6;1-2-4-5-3-1;;;;;/h3*1-6H3;1-4H2;3*1H4;;/q3*-1;;;;;+2;+1. The van der Waals surface area contributed by atoms with Crippen LogP contribution < -0.4 is 18.9 Å². The van der Waals surface area contributed by atoms with Gasteiger partial charge in [0.15, 0.2) is 0 Å². The van der Waals surface area contributed by atoms with E-state index in [1.54, 1.807) is 0 Å². The zero-order valence-electron chi connectivity index (χ0n) is 26.9. The van der Waals surface area contributed by atoms with E-state index in [0.717, 1.165) is 13.2 Å². The van der Waals surface area contributed by atoms with Gasteiger partial charge >= 0.3 is 35.6 Å². The fourth-order valence-corrected chi connectivity index (χ4v) is 27.7. The third kappa shape index (κ3) is 78.8. The number of hydrogen-bond acceptors (Lipinski definition) is 1. The van der Waals surface area contributed by atoms with Crippen LogP contribution in [0.25, 0.3) is 13.9 Å². The van der Waals surface area contributed by atoms with Gasteiger partial charge in [0.25, 0.3) is 0 Å². The molecule has 0 N–H and O–H groups in total. The first-order valence-corrected chi connectivity index (χ1v) is 33.1. The van der Waals surface area contributed by atoms with E-state index in [0.29, 0.717) is 0 Å². The van der Waals surface area contributed by atoms with Crippen molar-refractivity contribution in [1.82, 2.24) is 0 Å². The third-order valence-corrected chi connectivity index (χ3v) is 18.9. The van der Waals surface area contributed by atoms with Gasteiger partial charge in [0.05, 0.1) is 0 Å². The summed E-state index contributed by atoms with van der Waals surface area (Å²) in [6.07, 6.45) is 2.56. The number of nitrogens with zero attached hydrogens (tertiary/aromatic N) is 3. The van der Waals surface area contributed by atoms with Gasteiger partial charge in [-0.1, -0.05) is 190 Å². The van der Waals surface area contributed by atoms with Crippen molar-refractivity contribution in [2.24, 2.45) is 0 Å². The molecule has 1 saturated heterocycles. The largest absolute Gasteiger partial charge is 2.00 e. The summed E-state index contributed by atoms with van der Waals surface area (Å²) in [7, 11) is -6.64. The zero-order valence-corrected chi connectivity index (χ0v) is 34.0. The average molecular weight is 667 g/mol. The predicted octanol–water partition coefficient (Wildman–Crippen LogP) is 8.80. The quantitative estimate of drug-likeness (QED) is 0.262. The Balaban J connectivity index is -0.0000000490. The predicted molar refractivity (Wildman–Crippen MR) is 190 cm³/mol. The van der Waals surface area contributed by atoms with Gasteiger partial charge in [-0.05, 0) is 12.8 Å². The van der Waals surface area contributed by atoms with Gasteiger partial charge in [0, 0.05) is 13.2 Å². The molecule has 0 aromatic rings. The molecule has 0 amide bonds. The zero-order chi connectivity index (χ0) is 26.7. The molecule has 1 fully saturated rings. The summed E-state index contributed by atoms with van der Waals surface area (Å²) in [6.45, 7) is 43.3. The molecule has 0 aromatic carbocycles. The van der Waals surface area contributed by atoms with Crippen LogP contribution in [0.3, 0.4) is 0 Å². The molecule has 37 heavy (non-hydrogen) atoms. The smallest absolute Gasteiger partial charge is 0.668 e. The second-order valence-corrected chi connectivity index (χ2v) is 43.4. The Labute approximate surface area is 268 Å². The van der Waals surface area contributed by atoms with E-state index in [1.165, 1.54) is 12.8 Å². The number of rotatable bonds is 6. The molecular weight excluding hydrogens is 593 g/mol. The molecule has 1 rings (SSSR count). The van der Waals surface area contributed by atoms with Gasteiger partial charge in [0.1, 0.15) is 0 Å². The summed E-state index contributed by atoms with van der Waals surface area (Å²) >= 11 is 0. The molecule has 0 unspecified atom stereocenters. The Hall–Kier alpha value is 2.25. The van der Waals surface area contributed by atoms with Crippen LogP contribution >= 0.6 is 0 Å². The van der Waals surface area contributed by atoms with E-state index in [-0.39, 0.29) is 57.9 Å². The summed E-state index contributed by atoms with van der Waals surface area (Å²) < 4.78 is 19.4. The van der Waals surface area contributed by atoms with Gasteiger partial charge in [-0.15, -0.1) is 0 Å². The Morgan fingerprint density at radius 2 is 0.514 bits per heavy atom. The maximum atomic E-state index is 4.94. The summed E-state index contributed by atoms with van der Waals surface area (Å²) in [6, 6.07) is 0. The summed E-state index contributed by atoms with van der Waals surface area (Å²) in [4.78, 5) is 0. The normalized spacial score (nSPS) is 13.5. The molecule has 0 aromatic heterocycles. The van der Waals surface area contributed by atoms with Crippen molar-refractivity contribution in [3.8, 4) is 0 Å². The van der Waals surface area contributed by atoms with Gasteiger partial charge in [-0.2, -0.15) is 0 Å². The number of ether oxygens (including phenoxy) is 1. The average Bonchev–Trinajstić information content (AvgIpc) is 2.82. The van der Waals surface area contributed by atoms with E-state index in [9.17, 15) is 0 Å². The van der Waals surface area contributed by atoms with E-state index in [1.807, 2.05) is 0 Å². The Morgan fingerprint density at radius 3 is 0.541 bits per heavy atom. The van der Waals surface area contributed by atoms with Crippen LogP contribution in [0.15, 0.2) is 0 Å². The summed E-state index contributed by atoms with van der Waals surface area (Å²) in [5.74, 6) is 0. The second-order valence-electron chi connectivity index (χ2n) is 14.7. The van der Waals surface area contributed by atoms with E-state index < -0.39 is 49.4 Å². The van der Waals surface area contributed by atoms with Gasteiger partial charge in [0.2, 0.25) is 0 Å². The molecule has 1 aliphatic rings. The summed E-state index contributed by atoms with van der Waals surface area (Å²) in [5.41, 5.74) is 0. The minimum absolute atomic E-state index is 0. The van der Waals surface area contributed by atoms with E-state index in [4.69, 9.17) is 18.7 Å². The molecule has 0 bridgehead atoms. The van der Waals surface area contributed by atoms with Crippen molar-refractivity contribution in [3.63, 3.8) is 0 Å². The molecule has 0 aliphatic carbocycles. The third-order valence-electron chi connectivity index (χ3n) is 2.84. The van der Waals surface area contributed by atoms with Crippen LogP contribution in [-0.2, 0) is 21.5 Å². The van der Waals surface area contributed by atoms with E-state index in [2.05, 4.69) is 118 Å². The van der Waals surface area contributed by atoms with Crippen LogP contribution in [0.2, 0.25) is 118 Å². The monoisotopic (exact) mass is 666 g/mol. The van der Waals surface area contributed by atoms with Crippen LogP contribution in [0.4, 0.5) is 0 Å². The maximum Gasteiger partial charge on any atom is 2.00 e. The topological polar surface area (TPSA) is 51.5 Å². The minimum atomic E-state index is -1.11. The molecule has 1 heterocycles. The Kier molecular flexibility index (Phi) is 39.4. The molecule has 229 valence electrons. The minimum Gasteiger partial charge on any atom is -0.668 e. The van der Waals surface area contributed by atoms with Crippen LogP contribution in [-0.4, -0.2) is 62.6 Å². The van der Waals surface area contributed by atoms with Crippen molar-refractivity contribution >= 4 is 49.4 Å². The fourth-order valence-electron chi connectivity index (χ4n) is 3.53. The molecule has 4 nitrogen and oxygen atoms in total. The van der Waals surface area contributed by atoms with Crippen LogP contribution in [0, 0.1) is 0 Å². The van der Waals surface area contributed by atoms with Gasteiger partial charge in [-0.25, -0.2) is 0 Å². The summed E-state index contributed by atoms with van der Waals surface area (Å²) in [5, 5.41) is 0. The van der Waals surface area contributed by atoms with Crippen molar-refractivity contribution in [3.05, 3.63) is 13.9 Å². The maximum absolute atomic E-state index is 4.94. The van der Waals surface area contributed by atoms with Crippen LogP contribution in [0.5, 0.6) is 0 Å². The molecule has 1 radical (unpaired) electrons. The van der Waals surface area contributed by atoms with Gasteiger partial charge < -0.3 is 18.7 Å². The molecule has 0 spiro atoms. The first-order chi connectivity index (χ1) is 13.6. The van der Waals surface area contributed by atoms with Crippen molar-refractivity contribution in [2.75, 3.05) is 13.2 Å².